The van der Waals surface area contributed by atoms with Crippen LogP contribution in [0.15, 0.2) is 0 Å². The molecule has 1 aromatic heterocycles. The van der Waals surface area contributed by atoms with Crippen molar-refractivity contribution in [3.8, 4) is 0 Å². The number of nitrogens with one attached hydrogen (secondary N) is 1. The van der Waals surface area contributed by atoms with Crippen LogP contribution in [0.5, 0.6) is 0 Å². The summed E-state index contributed by atoms with van der Waals surface area (Å²) in [6.45, 7) is 12.4. The summed E-state index contributed by atoms with van der Waals surface area (Å²) in [6.07, 6.45) is 5.04. The normalized spacial score (nSPS) is 18.5. The lowest BCUT2D eigenvalue weighted by Crippen LogP contribution is -2.31. The van der Waals surface area contributed by atoms with E-state index in [2.05, 4.69) is 35.6 Å². The van der Waals surface area contributed by atoms with Gasteiger partial charge in [-0.05, 0) is 25.3 Å². The first-order valence-electron chi connectivity index (χ1n) is 8.71. The average Bonchev–Trinajstić information content (AvgIpc) is 3.23. The Balaban J connectivity index is 1.75. The number of aromatic nitrogens is 2. The highest BCUT2D eigenvalue weighted by molar-refractivity contribution is 5.20. The van der Waals surface area contributed by atoms with Crippen molar-refractivity contribution in [3.05, 3.63) is 17.2 Å². The Hall–Kier alpha value is -0.870. The number of rotatable bonds is 7. The maximum Gasteiger partial charge on any atom is 0.109 e. The Morgan fingerprint density at radius 1 is 1.38 bits per heavy atom. The summed E-state index contributed by atoms with van der Waals surface area (Å²) < 4.78 is 2.54. The van der Waals surface area contributed by atoms with E-state index in [1.54, 1.807) is 0 Å². The molecular weight excluding hydrogens is 260 g/mol. The molecule has 0 bridgehead atoms. The van der Waals surface area contributed by atoms with Gasteiger partial charge in [0, 0.05) is 50.8 Å². The van der Waals surface area contributed by atoms with Crippen molar-refractivity contribution in [2.24, 2.45) is 5.92 Å². The molecule has 4 heteroatoms. The standard InChI is InChI=1S/C17H30N4/c1-4-20(14-5-6-14)9-10-21-16-7-8-18-12-15(16)19-17(21)11-13(2)3/h13-14,18H,4-12H2,1-3H3. The van der Waals surface area contributed by atoms with Gasteiger partial charge in [-0.1, -0.05) is 20.8 Å². The third-order valence-corrected chi connectivity index (χ3v) is 4.74. The molecule has 1 saturated carbocycles. The van der Waals surface area contributed by atoms with Gasteiger partial charge in [-0.2, -0.15) is 0 Å². The lowest BCUT2D eigenvalue weighted by Gasteiger charge is -2.22. The maximum absolute atomic E-state index is 4.94. The molecular formula is C17H30N4. The molecule has 0 radical (unpaired) electrons. The van der Waals surface area contributed by atoms with E-state index in [-0.39, 0.29) is 0 Å². The number of nitrogens with zero attached hydrogens (tertiary/aromatic N) is 3. The smallest absolute Gasteiger partial charge is 0.109 e. The van der Waals surface area contributed by atoms with Crippen molar-refractivity contribution in [1.82, 2.24) is 19.8 Å². The van der Waals surface area contributed by atoms with Crippen LogP contribution >= 0.6 is 0 Å². The van der Waals surface area contributed by atoms with E-state index in [1.165, 1.54) is 43.1 Å². The summed E-state index contributed by atoms with van der Waals surface area (Å²) in [4.78, 5) is 7.58. The number of fused-ring (bicyclic) bond motifs is 1. The first-order chi connectivity index (χ1) is 10.2. The molecule has 1 aromatic rings. The van der Waals surface area contributed by atoms with Crippen molar-refractivity contribution in [3.63, 3.8) is 0 Å². The molecule has 0 saturated heterocycles. The topological polar surface area (TPSA) is 33.1 Å². The molecule has 0 atom stereocenters. The SMILES string of the molecule is CCN(CCn1c(CC(C)C)nc2c1CCNC2)C1CC1. The van der Waals surface area contributed by atoms with E-state index in [1.807, 2.05) is 0 Å². The van der Waals surface area contributed by atoms with Crippen molar-refractivity contribution in [1.29, 1.82) is 0 Å². The first kappa shape index (κ1) is 15.0. The van der Waals surface area contributed by atoms with Crippen LogP contribution in [0.3, 0.4) is 0 Å². The van der Waals surface area contributed by atoms with Gasteiger partial charge in [0.2, 0.25) is 0 Å². The number of imidazole rings is 1. The summed E-state index contributed by atoms with van der Waals surface area (Å²) in [7, 11) is 0. The maximum atomic E-state index is 4.94. The van der Waals surface area contributed by atoms with Crippen molar-refractivity contribution in [2.75, 3.05) is 19.6 Å². The fraction of sp³-hybridized carbons (Fsp3) is 0.824. The molecule has 3 rings (SSSR count). The summed E-state index contributed by atoms with van der Waals surface area (Å²) in [5, 5.41) is 3.45. The highest BCUT2D eigenvalue weighted by atomic mass is 15.2. The van der Waals surface area contributed by atoms with E-state index in [0.29, 0.717) is 5.92 Å². The molecule has 1 aliphatic carbocycles. The van der Waals surface area contributed by atoms with Crippen molar-refractivity contribution >= 4 is 0 Å². The molecule has 0 unspecified atom stereocenters. The average molecular weight is 290 g/mol. The number of likely N-dealkylation sites (N-methyl/N-ethyl adjacent to an activating group) is 1. The molecule has 0 aromatic carbocycles. The van der Waals surface area contributed by atoms with Gasteiger partial charge in [-0.25, -0.2) is 4.98 Å². The molecule has 0 amide bonds. The fourth-order valence-corrected chi connectivity index (χ4v) is 3.48. The largest absolute Gasteiger partial charge is 0.330 e. The van der Waals surface area contributed by atoms with Crippen LogP contribution in [0.4, 0.5) is 0 Å². The quantitative estimate of drug-likeness (QED) is 0.836. The summed E-state index contributed by atoms with van der Waals surface area (Å²) >= 11 is 0. The predicted octanol–water partition coefficient (Wildman–Crippen LogP) is 2.21. The molecule has 0 spiro atoms. The van der Waals surface area contributed by atoms with Gasteiger partial charge in [0.25, 0.3) is 0 Å². The van der Waals surface area contributed by atoms with Crippen LogP contribution in [0.1, 0.15) is 50.8 Å². The van der Waals surface area contributed by atoms with Gasteiger partial charge in [-0.3, -0.25) is 4.90 Å². The molecule has 4 nitrogen and oxygen atoms in total. The first-order valence-corrected chi connectivity index (χ1v) is 8.71. The predicted molar refractivity (Wildman–Crippen MR) is 86.4 cm³/mol. The fourth-order valence-electron chi connectivity index (χ4n) is 3.48. The Kier molecular flexibility index (Phi) is 4.65. The second kappa shape index (κ2) is 6.49. The Morgan fingerprint density at radius 3 is 2.86 bits per heavy atom. The third kappa shape index (κ3) is 3.49. The monoisotopic (exact) mass is 290 g/mol. The van der Waals surface area contributed by atoms with Crippen LogP contribution in [-0.2, 0) is 25.9 Å². The summed E-state index contributed by atoms with van der Waals surface area (Å²) in [5.74, 6) is 1.98. The minimum atomic E-state index is 0.672. The highest BCUT2D eigenvalue weighted by Gasteiger charge is 2.28. The van der Waals surface area contributed by atoms with E-state index >= 15 is 0 Å². The molecule has 2 heterocycles. The van der Waals surface area contributed by atoms with Crippen LogP contribution in [-0.4, -0.2) is 40.1 Å². The van der Waals surface area contributed by atoms with Gasteiger partial charge < -0.3 is 9.88 Å². The Labute approximate surface area is 128 Å². The van der Waals surface area contributed by atoms with Crippen LogP contribution in [0.25, 0.3) is 0 Å². The van der Waals surface area contributed by atoms with Crippen molar-refractivity contribution in [2.45, 2.75) is 65.6 Å². The second-order valence-corrected chi connectivity index (χ2v) is 6.96. The number of hydrogen-bond donors (Lipinski definition) is 1. The lowest BCUT2D eigenvalue weighted by atomic mass is 10.1. The molecule has 118 valence electrons. The van der Waals surface area contributed by atoms with Crippen LogP contribution in [0, 0.1) is 5.92 Å². The lowest BCUT2D eigenvalue weighted by molar-refractivity contribution is 0.263. The molecule has 1 N–H and O–H groups in total. The zero-order valence-corrected chi connectivity index (χ0v) is 13.9. The van der Waals surface area contributed by atoms with Gasteiger partial charge >= 0.3 is 0 Å². The van der Waals surface area contributed by atoms with Gasteiger partial charge in [0.15, 0.2) is 0 Å². The summed E-state index contributed by atoms with van der Waals surface area (Å²) in [5.41, 5.74) is 2.79. The van der Waals surface area contributed by atoms with Crippen molar-refractivity contribution < 1.29 is 0 Å². The molecule has 1 aliphatic heterocycles. The van der Waals surface area contributed by atoms with Crippen LogP contribution < -0.4 is 5.32 Å². The van der Waals surface area contributed by atoms with E-state index in [9.17, 15) is 0 Å². The number of hydrogen-bond acceptors (Lipinski definition) is 3. The minimum Gasteiger partial charge on any atom is -0.330 e. The summed E-state index contributed by atoms with van der Waals surface area (Å²) in [6, 6.07) is 0.865. The van der Waals surface area contributed by atoms with E-state index < -0.39 is 0 Å². The minimum absolute atomic E-state index is 0.672. The highest BCUT2D eigenvalue weighted by Crippen LogP contribution is 2.27. The van der Waals surface area contributed by atoms with E-state index in [0.717, 1.165) is 38.5 Å². The van der Waals surface area contributed by atoms with Gasteiger partial charge in [0.05, 0.1) is 5.69 Å². The van der Waals surface area contributed by atoms with Gasteiger partial charge in [0.1, 0.15) is 5.82 Å². The third-order valence-electron chi connectivity index (χ3n) is 4.74. The second-order valence-electron chi connectivity index (χ2n) is 6.96. The Bertz CT molecular complexity index is 473. The van der Waals surface area contributed by atoms with Gasteiger partial charge in [-0.15, -0.1) is 0 Å². The van der Waals surface area contributed by atoms with E-state index in [4.69, 9.17) is 4.98 Å². The Morgan fingerprint density at radius 2 is 2.19 bits per heavy atom. The molecule has 2 aliphatic rings. The molecule has 21 heavy (non-hydrogen) atoms. The van der Waals surface area contributed by atoms with Crippen LogP contribution in [0.2, 0.25) is 0 Å². The molecule has 1 fully saturated rings. The zero-order valence-electron chi connectivity index (χ0n) is 13.9. The zero-order chi connectivity index (χ0) is 14.8.